The Hall–Kier alpha value is -2.05. The molecule has 0 spiro atoms. The van der Waals surface area contributed by atoms with Crippen molar-refractivity contribution in [2.45, 2.75) is 45.1 Å². The van der Waals surface area contributed by atoms with Gasteiger partial charge in [-0.05, 0) is 31.1 Å². The smallest absolute Gasteiger partial charge is 0.329 e. The summed E-state index contributed by atoms with van der Waals surface area (Å²) in [6.45, 7) is 4.06. The normalized spacial score (nSPS) is 19.5. The van der Waals surface area contributed by atoms with E-state index in [0.717, 1.165) is 6.20 Å². The van der Waals surface area contributed by atoms with E-state index in [1.165, 1.54) is 0 Å². The van der Waals surface area contributed by atoms with Crippen molar-refractivity contribution in [3.63, 3.8) is 0 Å². The van der Waals surface area contributed by atoms with Crippen LogP contribution in [0.5, 0.6) is 0 Å². The zero-order valence-corrected chi connectivity index (χ0v) is 12.4. The van der Waals surface area contributed by atoms with E-state index in [4.69, 9.17) is 0 Å². The van der Waals surface area contributed by atoms with E-state index in [1.807, 2.05) is 13.8 Å². The van der Waals surface area contributed by atoms with Crippen molar-refractivity contribution in [2.24, 2.45) is 5.41 Å². The van der Waals surface area contributed by atoms with Crippen LogP contribution in [-0.2, 0) is 4.79 Å². The maximum Gasteiger partial charge on any atom is 0.329 e. The molecular formula is C15H18F2N2O3. The Bertz CT molecular complexity index is 607. The minimum absolute atomic E-state index is 0.00303. The topological polar surface area (TPSA) is 79.3 Å². The highest BCUT2D eigenvalue weighted by Gasteiger charge is 2.45. The predicted molar refractivity (Wildman–Crippen MR) is 74.2 cm³/mol. The van der Waals surface area contributed by atoms with E-state index >= 15 is 0 Å². The molecule has 2 N–H and O–H groups in total. The highest BCUT2D eigenvalue weighted by Crippen LogP contribution is 2.40. The fourth-order valence-corrected chi connectivity index (χ4v) is 2.60. The summed E-state index contributed by atoms with van der Waals surface area (Å²) in [5.41, 5.74) is -2.04. The second-order valence-corrected chi connectivity index (χ2v) is 6.49. The number of rotatable bonds is 3. The molecule has 2 rings (SSSR count). The number of hydrogen-bond donors (Lipinski definition) is 2. The van der Waals surface area contributed by atoms with Gasteiger partial charge in [-0.3, -0.25) is 4.79 Å². The van der Waals surface area contributed by atoms with E-state index in [-0.39, 0.29) is 18.3 Å². The number of carbonyl (C=O) groups excluding carboxylic acids is 1. The molecule has 7 heteroatoms. The summed E-state index contributed by atoms with van der Waals surface area (Å²) in [6.07, 6.45) is 2.47. The van der Waals surface area contributed by atoms with Gasteiger partial charge in [0.2, 0.25) is 0 Å². The van der Waals surface area contributed by atoms with Crippen molar-refractivity contribution in [1.29, 1.82) is 0 Å². The Morgan fingerprint density at radius 3 is 2.32 bits per heavy atom. The minimum atomic E-state index is -1.44. The first-order chi connectivity index (χ1) is 10.2. The lowest BCUT2D eigenvalue weighted by Crippen LogP contribution is -2.57. The number of carboxylic acid groups (broad SMARTS) is 1. The van der Waals surface area contributed by atoms with Gasteiger partial charge in [0.1, 0.15) is 11.4 Å². The van der Waals surface area contributed by atoms with E-state index in [2.05, 4.69) is 10.3 Å². The number of pyridine rings is 1. The Labute approximate surface area is 126 Å². The molecule has 1 heterocycles. The fraction of sp³-hybridized carbons (Fsp3) is 0.533. The monoisotopic (exact) mass is 312 g/mol. The number of carboxylic acids is 1. The molecule has 0 unspecified atom stereocenters. The third-order valence-corrected chi connectivity index (χ3v) is 4.24. The molecule has 0 saturated heterocycles. The Morgan fingerprint density at radius 2 is 1.82 bits per heavy atom. The van der Waals surface area contributed by atoms with Crippen LogP contribution < -0.4 is 5.32 Å². The summed E-state index contributed by atoms with van der Waals surface area (Å²) in [7, 11) is 0. The number of aromatic nitrogens is 1. The van der Waals surface area contributed by atoms with Gasteiger partial charge in [0.05, 0.1) is 6.20 Å². The van der Waals surface area contributed by atoms with Gasteiger partial charge in [-0.25, -0.2) is 18.6 Å². The molecule has 1 fully saturated rings. The standard InChI is InChI=1S/C15H18F2N2O3/c1-14(2)3-5-15(6-4-14,13(21)22)19-12(20)11-10(17)7-9(16)8-18-11/h7-8H,3-6H2,1-2H3,(H,19,20)(H,21,22). The zero-order valence-electron chi connectivity index (χ0n) is 12.4. The van der Waals surface area contributed by atoms with Crippen LogP contribution in [-0.4, -0.2) is 27.5 Å². The number of aliphatic carboxylic acids is 1. The van der Waals surface area contributed by atoms with Crippen LogP contribution in [0.2, 0.25) is 0 Å². The molecule has 1 aromatic rings. The number of nitrogens with one attached hydrogen (secondary N) is 1. The molecule has 120 valence electrons. The Kier molecular flexibility index (Phi) is 4.17. The molecule has 0 aliphatic heterocycles. The number of nitrogens with zero attached hydrogens (tertiary/aromatic N) is 1. The Morgan fingerprint density at radius 1 is 1.23 bits per heavy atom. The highest BCUT2D eigenvalue weighted by atomic mass is 19.1. The van der Waals surface area contributed by atoms with Gasteiger partial charge in [-0.1, -0.05) is 13.8 Å². The van der Waals surface area contributed by atoms with Gasteiger partial charge in [0, 0.05) is 6.07 Å². The maximum atomic E-state index is 13.6. The molecule has 1 aliphatic rings. The van der Waals surface area contributed by atoms with Crippen LogP contribution in [0, 0.1) is 17.0 Å². The average Bonchev–Trinajstić information content (AvgIpc) is 2.41. The van der Waals surface area contributed by atoms with Gasteiger partial charge in [-0.15, -0.1) is 0 Å². The van der Waals surface area contributed by atoms with Crippen molar-refractivity contribution >= 4 is 11.9 Å². The molecule has 0 atom stereocenters. The first-order valence-electron chi connectivity index (χ1n) is 7.02. The molecule has 1 aliphatic carbocycles. The lowest BCUT2D eigenvalue weighted by Gasteiger charge is -2.41. The van der Waals surface area contributed by atoms with Crippen molar-refractivity contribution in [1.82, 2.24) is 10.3 Å². The SMILES string of the molecule is CC1(C)CCC(NC(=O)c2ncc(F)cc2F)(C(=O)O)CC1. The molecule has 1 amide bonds. The van der Waals surface area contributed by atoms with Gasteiger partial charge < -0.3 is 10.4 Å². The van der Waals surface area contributed by atoms with Crippen LogP contribution in [0.4, 0.5) is 8.78 Å². The maximum absolute atomic E-state index is 13.6. The fourth-order valence-electron chi connectivity index (χ4n) is 2.60. The molecule has 0 radical (unpaired) electrons. The molecule has 5 nitrogen and oxygen atoms in total. The zero-order chi connectivity index (χ0) is 16.5. The largest absolute Gasteiger partial charge is 0.480 e. The molecule has 1 aromatic heterocycles. The lowest BCUT2D eigenvalue weighted by molar-refractivity contribution is -0.146. The van der Waals surface area contributed by atoms with Gasteiger partial charge in [0.15, 0.2) is 11.5 Å². The number of hydrogen-bond acceptors (Lipinski definition) is 3. The van der Waals surface area contributed by atoms with Crippen LogP contribution in [0.1, 0.15) is 50.0 Å². The quantitative estimate of drug-likeness (QED) is 0.899. The van der Waals surface area contributed by atoms with Crippen LogP contribution >= 0.6 is 0 Å². The van der Waals surface area contributed by atoms with Crippen molar-refractivity contribution in [2.75, 3.05) is 0 Å². The third-order valence-electron chi connectivity index (χ3n) is 4.24. The van der Waals surface area contributed by atoms with Crippen molar-refractivity contribution in [3.05, 3.63) is 29.6 Å². The predicted octanol–water partition coefficient (Wildman–Crippen LogP) is 2.51. The summed E-state index contributed by atoms with van der Waals surface area (Å²) in [6, 6.07) is 0.541. The molecular weight excluding hydrogens is 294 g/mol. The van der Waals surface area contributed by atoms with Gasteiger partial charge in [0.25, 0.3) is 5.91 Å². The van der Waals surface area contributed by atoms with Gasteiger partial charge >= 0.3 is 5.97 Å². The first-order valence-corrected chi connectivity index (χ1v) is 7.02. The summed E-state index contributed by atoms with van der Waals surface area (Å²) in [4.78, 5) is 27.1. The van der Waals surface area contributed by atoms with Crippen LogP contribution in [0.3, 0.4) is 0 Å². The van der Waals surface area contributed by atoms with Crippen LogP contribution in [0.15, 0.2) is 12.3 Å². The second-order valence-electron chi connectivity index (χ2n) is 6.49. The van der Waals surface area contributed by atoms with E-state index in [1.54, 1.807) is 0 Å². The summed E-state index contributed by atoms with van der Waals surface area (Å²) >= 11 is 0. The summed E-state index contributed by atoms with van der Waals surface area (Å²) in [5, 5.41) is 11.9. The summed E-state index contributed by atoms with van der Waals surface area (Å²) < 4.78 is 26.4. The van der Waals surface area contributed by atoms with E-state index in [9.17, 15) is 23.5 Å². The first kappa shape index (κ1) is 16.3. The molecule has 0 aromatic carbocycles. The molecule has 1 saturated carbocycles. The Balaban J connectivity index is 2.22. The average molecular weight is 312 g/mol. The minimum Gasteiger partial charge on any atom is -0.480 e. The van der Waals surface area contributed by atoms with Crippen molar-refractivity contribution in [3.8, 4) is 0 Å². The van der Waals surface area contributed by atoms with Gasteiger partial charge in [-0.2, -0.15) is 0 Å². The van der Waals surface area contributed by atoms with E-state index < -0.39 is 34.7 Å². The number of carbonyl (C=O) groups is 2. The number of halogens is 2. The highest BCUT2D eigenvalue weighted by molar-refractivity contribution is 5.96. The lowest BCUT2D eigenvalue weighted by atomic mass is 9.69. The van der Waals surface area contributed by atoms with Crippen molar-refractivity contribution < 1.29 is 23.5 Å². The van der Waals surface area contributed by atoms with Crippen LogP contribution in [0.25, 0.3) is 0 Å². The summed E-state index contributed by atoms with van der Waals surface area (Å²) in [5.74, 6) is -4.12. The number of amides is 1. The van der Waals surface area contributed by atoms with E-state index in [0.29, 0.717) is 18.9 Å². The second kappa shape index (κ2) is 5.62. The molecule has 22 heavy (non-hydrogen) atoms. The molecule has 0 bridgehead atoms. The third kappa shape index (κ3) is 3.23.